The molecule has 0 bridgehead atoms. The van der Waals surface area contributed by atoms with E-state index in [0.29, 0.717) is 0 Å². The molecule has 0 aliphatic carbocycles. The summed E-state index contributed by atoms with van der Waals surface area (Å²) >= 11 is 0. The first kappa shape index (κ1) is 13.8. The van der Waals surface area contributed by atoms with Gasteiger partial charge in [-0.05, 0) is 12.5 Å². The molecule has 1 aliphatic heterocycles. The molecule has 0 unspecified atom stereocenters. The monoisotopic (exact) mass is 260 g/mol. The number of pyridine rings is 1. The zero-order chi connectivity index (χ0) is 13.3. The van der Waals surface area contributed by atoms with Crippen LogP contribution in [-0.2, 0) is 0 Å². The molecule has 0 radical (unpaired) electrons. The molecule has 0 aromatic carbocycles. The Kier molecular flexibility index (Phi) is 5.66. The van der Waals surface area contributed by atoms with E-state index < -0.39 is 0 Å². The van der Waals surface area contributed by atoms with Crippen molar-refractivity contribution >= 4 is 17.2 Å². The molecule has 4 heteroatoms. The molecule has 1 aromatic heterocycles. The summed E-state index contributed by atoms with van der Waals surface area (Å²) in [6, 6.07) is 1.93. The van der Waals surface area contributed by atoms with Gasteiger partial charge in [-0.1, -0.05) is 45.4 Å². The zero-order valence-electron chi connectivity index (χ0n) is 11.8. The van der Waals surface area contributed by atoms with Crippen LogP contribution in [0, 0.1) is 0 Å². The van der Waals surface area contributed by atoms with Crippen LogP contribution in [0.15, 0.2) is 23.5 Å². The van der Waals surface area contributed by atoms with Crippen LogP contribution in [0.2, 0.25) is 0 Å². The summed E-state index contributed by atoms with van der Waals surface area (Å²) in [5.41, 5.74) is 8.25. The number of hydrogen-bond acceptors (Lipinski definition) is 4. The average molecular weight is 260 g/mol. The lowest BCUT2D eigenvalue weighted by molar-refractivity contribution is 0.594. The Morgan fingerprint density at radius 1 is 1.00 bits per heavy atom. The molecule has 1 aromatic rings. The van der Waals surface area contributed by atoms with Gasteiger partial charge in [-0.25, -0.2) is 4.99 Å². The first-order chi connectivity index (χ1) is 9.40. The number of rotatable bonds is 8. The SMILES string of the molecule is CCCCCCCCCC1=Nc2cnccc2NN1. The standard InChI is InChI=1S/C15H24N4/c1-2-3-4-5-6-7-8-9-15-17-14-12-16-11-10-13(14)18-19-15/h10-12,18H,2-9H2,1H3,(H,17,19). The Hall–Kier alpha value is -1.58. The minimum atomic E-state index is 0.930. The molecule has 104 valence electrons. The molecule has 2 heterocycles. The van der Waals surface area contributed by atoms with E-state index in [4.69, 9.17) is 0 Å². The van der Waals surface area contributed by atoms with Crippen molar-refractivity contribution in [3.05, 3.63) is 18.5 Å². The average Bonchev–Trinajstić information content (AvgIpc) is 2.46. The molecular weight excluding hydrogens is 236 g/mol. The number of fused-ring (bicyclic) bond motifs is 1. The topological polar surface area (TPSA) is 49.3 Å². The molecule has 0 saturated carbocycles. The number of nitrogens with zero attached hydrogens (tertiary/aromatic N) is 2. The fourth-order valence-corrected chi connectivity index (χ4v) is 2.26. The molecular formula is C15H24N4. The van der Waals surface area contributed by atoms with Crippen molar-refractivity contribution in [2.45, 2.75) is 58.3 Å². The second-order valence-corrected chi connectivity index (χ2v) is 5.07. The van der Waals surface area contributed by atoms with Crippen molar-refractivity contribution in [2.75, 3.05) is 5.43 Å². The highest BCUT2D eigenvalue weighted by Crippen LogP contribution is 2.25. The van der Waals surface area contributed by atoms with Gasteiger partial charge in [0.25, 0.3) is 0 Å². The molecule has 0 amide bonds. The van der Waals surface area contributed by atoms with E-state index in [-0.39, 0.29) is 0 Å². The van der Waals surface area contributed by atoms with Crippen molar-refractivity contribution in [1.29, 1.82) is 0 Å². The first-order valence-electron chi connectivity index (χ1n) is 7.43. The van der Waals surface area contributed by atoms with Crippen LogP contribution in [0.4, 0.5) is 11.4 Å². The van der Waals surface area contributed by atoms with Crippen LogP contribution in [-0.4, -0.2) is 10.8 Å². The van der Waals surface area contributed by atoms with Crippen molar-refractivity contribution in [3.63, 3.8) is 0 Å². The summed E-state index contributed by atoms with van der Waals surface area (Å²) in [7, 11) is 0. The minimum absolute atomic E-state index is 0.930. The Labute approximate surface area is 115 Å². The third-order valence-corrected chi connectivity index (χ3v) is 3.41. The lowest BCUT2D eigenvalue weighted by atomic mass is 10.1. The highest BCUT2D eigenvalue weighted by molar-refractivity contribution is 5.90. The molecule has 4 nitrogen and oxygen atoms in total. The van der Waals surface area contributed by atoms with Crippen molar-refractivity contribution < 1.29 is 0 Å². The Bertz CT molecular complexity index is 414. The van der Waals surface area contributed by atoms with Crippen molar-refractivity contribution in [3.8, 4) is 0 Å². The molecule has 2 rings (SSSR count). The van der Waals surface area contributed by atoms with Gasteiger partial charge in [0.05, 0.1) is 11.9 Å². The Morgan fingerprint density at radius 3 is 2.63 bits per heavy atom. The summed E-state index contributed by atoms with van der Waals surface area (Å²) in [4.78, 5) is 8.67. The van der Waals surface area contributed by atoms with Crippen LogP contribution < -0.4 is 10.9 Å². The first-order valence-corrected chi connectivity index (χ1v) is 7.43. The summed E-state index contributed by atoms with van der Waals surface area (Å²) in [6.07, 6.45) is 13.9. The Balaban J connectivity index is 1.66. The van der Waals surface area contributed by atoms with Crippen LogP contribution in [0.1, 0.15) is 58.3 Å². The lowest BCUT2D eigenvalue weighted by Gasteiger charge is -2.18. The van der Waals surface area contributed by atoms with Gasteiger partial charge in [0.1, 0.15) is 11.5 Å². The van der Waals surface area contributed by atoms with Crippen molar-refractivity contribution in [2.24, 2.45) is 4.99 Å². The van der Waals surface area contributed by atoms with Gasteiger partial charge < -0.3 is 0 Å². The maximum absolute atomic E-state index is 4.57. The van der Waals surface area contributed by atoms with E-state index in [0.717, 1.165) is 23.6 Å². The Morgan fingerprint density at radius 2 is 1.79 bits per heavy atom. The number of hydrogen-bond donors (Lipinski definition) is 2. The van der Waals surface area contributed by atoms with E-state index in [1.165, 1.54) is 44.9 Å². The molecule has 0 spiro atoms. The highest BCUT2D eigenvalue weighted by Gasteiger charge is 2.09. The summed E-state index contributed by atoms with van der Waals surface area (Å²) < 4.78 is 0. The highest BCUT2D eigenvalue weighted by atomic mass is 15.4. The number of nitrogens with one attached hydrogen (secondary N) is 2. The third-order valence-electron chi connectivity index (χ3n) is 3.41. The quantitative estimate of drug-likeness (QED) is 0.689. The van der Waals surface area contributed by atoms with Crippen LogP contribution in [0.5, 0.6) is 0 Å². The summed E-state index contributed by atoms with van der Waals surface area (Å²) in [5.74, 6) is 1.02. The van der Waals surface area contributed by atoms with Crippen LogP contribution in [0.25, 0.3) is 0 Å². The number of aromatic nitrogens is 1. The molecule has 0 saturated heterocycles. The van der Waals surface area contributed by atoms with Gasteiger partial charge in [0.15, 0.2) is 0 Å². The van der Waals surface area contributed by atoms with Gasteiger partial charge >= 0.3 is 0 Å². The number of anilines is 1. The number of aliphatic imine (C=N–C) groups is 1. The fraction of sp³-hybridized carbons (Fsp3) is 0.600. The maximum atomic E-state index is 4.57. The summed E-state index contributed by atoms with van der Waals surface area (Å²) in [5, 5.41) is 0. The lowest BCUT2D eigenvalue weighted by Crippen LogP contribution is -2.31. The molecule has 0 atom stereocenters. The normalized spacial score (nSPS) is 13.2. The number of hydrazine groups is 1. The second kappa shape index (κ2) is 7.77. The fourth-order valence-electron chi connectivity index (χ4n) is 2.26. The largest absolute Gasteiger partial charge is 0.298 e. The molecule has 19 heavy (non-hydrogen) atoms. The van der Waals surface area contributed by atoms with Crippen LogP contribution in [0.3, 0.4) is 0 Å². The predicted molar refractivity (Wildman–Crippen MR) is 80.7 cm³/mol. The molecule has 2 N–H and O–H groups in total. The van der Waals surface area contributed by atoms with E-state index >= 15 is 0 Å². The maximum Gasteiger partial charge on any atom is 0.121 e. The minimum Gasteiger partial charge on any atom is -0.298 e. The summed E-state index contributed by atoms with van der Waals surface area (Å²) in [6.45, 7) is 2.26. The zero-order valence-corrected chi connectivity index (χ0v) is 11.8. The smallest absolute Gasteiger partial charge is 0.121 e. The third kappa shape index (κ3) is 4.54. The molecule has 1 aliphatic rings. The van der Waals surface area contributed by atoms with Gasteiger partial charge in [-0.2, -0.15) is 0 Å². The van der Waals surface area contributed by atoms with Gasteiger partial charge in [0.2, 0.25) is 0 Å². The van der Waals surface area contributed by atoms with Gasteiger partial charge in [0, 0.05) is 12.6 Å². The molecule has 0 fully saturated rings. The number of amidine groups is 1. The van der Waals surface area contributed by atoms with E-state index in [2.05, 4.69) is 27.8 Å². The van der Waals surface area contributed by atoms with Gasteiger partial charge in [-0.3, -0.25) is 15.8 Å². The predicted octanol–water partition coefficient (Wildman–Crippen LogP) is 4.18. The number of unbranched alkanes of at least 4 members (excludes halogenated alkanes) is 6. The van der Waals surface area contributed by atoms with E-state index in [1.807, 2.05) is 6.07 Å². The van der Waals surface area contributed by atoms with E-state index in [9.17, 15) is 0 Å². The van der Waals surface area contributed by atoms with Crippen LogP contribution >= 0.6 is 0 Å². The van der Waals surface area contributed by atoms with Crippen molar-refractivity contribution in [1.82, 2.24) is 10.4 Å². The van der Waals surface area contributed by atoms with Gasteiger partial charge in [-0.15, -0.1) is 0 Å². The van der Waals surface area contributed by atoms with E-state index in [1.54, 1.807) is 12.4 Å². The second-order valence-electron chi connectivity index (χ2n) is 5.07.